The number of methoxy groups -OCH3 is 2. The van der Waals surface area contributed by atoms with E-state index in [1.54, 1.807) is 12.1 Å². The number of nitrogens with one attached hydrogen (secondary N) is 2. The first-order valence-electron chi connectivity index (χ1n) is 7.00. The number of sulfonamides is 1. The van der Waals surface area contributed by atoms with Crippen LogP contribution in [0.15, 0.2) is 18.2 Å². The zero-order valence-electron chi connectivity index (χ0n) is 13.9. The lowest BCUT2D eigenvalue weighted by molar-refractivity contribution is -0.212. The van der Waals surface area contributed by atoms with Crippen molar-refractivity contribution in [3.63, 3.8) is 0 Å². The van der Waals surface area contributed by atoms with Crippen LogP contribution >= 0.6 is 35.8 Å². The van der Waals surface area contributed by atoms with E-state index in [2.05, 4.69) is 22.7 Å². The molecule has 2 N–H and O–H groups in total. The van der Waals surface area contributed by atoms with Crippen molar-refractivity contribution in [3.05, 3.63) is 33.8 Å². The molecule has 11 heteroatoms. The summed E-state index contributed by atoms with van der Waals surface area (Å²) in [6.45, 7) is -0.115. The van der Waals surface area contributed by atoms with Crippen molar-refractivity contribution in [2.75, 3.05) is 32.8 Å². The van der Waals surface area contributed by atoms with Gasteiger partial charge in [-0.3, -0.25) is 4.79 Å². The SMILES string of the molecule is COC(CNC(=O)C(CS)NS(C)(=O)=O)(OC)c1ccc(Cl)cc1Cl. The molecule has 0 aliphatic carbocycles. The number of benzene rings is 1. The maximum Gasteiger partial charge on any atom is 0.239 e. The van der Waals surface area contributed by atoms with Gasteiger partial charge in [-0.2, -0.15) is 12.6 Å². The van der Waals surface area contributed by atoms with Gasteiger partial charge in [-0.25, -0.2) is 13.1 Å². The Morgan fingerprint density at radius 3 is 2.36 bits per heavy atom. The van der Waals surface area contributed by atoms with Gasteiger partial charge in [-0.1, -0.05) is 29.3 Å². The first-order valence-corrected chi connectivity index (χ1v) is 10.3. The minimum absolute atomic E-state index is 0.0203. The zero-order valence-corrected chi connectivity index (χ0v) is 17.1. The van der Waals surface area contributed by atoms with Crippen molar-refractivity contribution >= 4 is 51.8 Å². The van der Waals surface area contributed by atoms with Gasteiger partial charge >= 0.3 is 0 Å². The van der Waals surface area contributed by atoms with Crippen LogP contribution in [0, 0.1) is 0 Å². The molecule has 142 valence electrons. The second-order valence-corrected chi connectivity index (χ2v) is 8.12. The number of thiol groups is 1. The maximum absolute atomic E-state index is 12.2. The third kappa shape index (κ3) is 6.28. The highest BCUT2D eigenvalue weighted by molar-refractivity contribution is 7.88. The zero-order chi connectivity index (χ0) is 19.3. The molecule has 1 atom stereocenters. The van der Waals surface area contributed by atoms with Crippen molar-refractivity contribution < 1.29 is 22.7 Å². The average molecular weight is 431 g/mol. The van der Waals surface area contributed by atoms with Gasteiger partial charge in [0.1, 0.15) is 6.04 Å². The number of hydrogen-bond donors (Lipinski definition) is 3. The van der Waals surface area contributed by atoms with Gasteiger partial charge in [0.05, 0.1) is 17.8 Å². The van der Waals surface area contributed by atoms with Gasteiger partial charge in [0, 0.05) is 30.6 Å². The van der Waals surface area contributed by atoms with Crippen molar-refractivity contribution in [2.24, 2.45) is 0 Å². The maximum atomic E-state index is 12.2. The van der Waals surface area contributed by atoms with E-state index in [-0.39, 0.29) is 12.3 Å². The highest BCUT2D eigenvalue weighted by atomic mass is 35.5. The van der Waals surface area contributed by atoms with Crippen LogP contribution in [0.4, 0.5) is 0 Å². The second kappa shape index (κ2) is 9.40. The Morgan fingerprint density at radius 2 is 1.92 bits per heavy atom. The number of amides is 1. The predicted molar refractivity (Wildman–Crippen MR) is 101 cm³/mol. The molecule has 0 saturated carbocycles. The number of rotatable bonds is 9. The summed E-state index contributed by atoms with van der Waals surface area (Å²) in [6.07, 6.45) is 0.957. The van der Waals surface area contributed by atoms with Crippen molar-refractivity contribution in [1.82, 2.24) is 10.0 Å². The van der Waals surface area contributed by atoms with E-state index in [9.17, 15) is 13.2 Å². The van der Waals surface area contributed by atoms with Crippen LogP contribution in [0.25, 0.3) is 0 Å². The summed E-state index contributed by atoms with van der Waals surface area (Å²) in [5, 5.41) is 3.32. The van der Waals surface area contributed by atoms with Crippen molar-refractivity contribution in [3.8, 4) is 0 Å². The van der Waals surface area contributed by atoms with E-state index < -0.39 is 27.8 Å². The van der Waals surface area contributed by atoms with Crippen LogP contribution in [0.5, 0.6) is 0 Å². The molecule has 0 aromatic heterocycles. The smallest absolute Gasteiger partial charge is 0.239 e. The van der Waals surface area contributed by atoms with Crippen LogP contribution in [0.2, 0.25) is 10.0 Å². The molecular weight excluding hydrogens is 411 g/mol. The van der Waals surface area contributed by atoms with Gasteiger partial charge in [0.2, 0.25) is 21.7 Å². The van der Waals surface area contributed by atoms with E-state index in [0.717, 1.165) is 6.26 Å². The monoisotopic (exact) mass is 430 g/mol. The molecule has 1 amide bonds. The fraction of sp³-hybridized carbons (Fsp3) is 0.500. The Balaban J connectivity index is 3.00. The number of hydrogen-bond acceptors (Lipinski definition) is 6. The standard InChI is InChI=1S/C14H20Cl2N2O5S2/c1-22-14(23-2,10-5-4-9(15)6-11(10)16)8-17-13(19)12(7-24)18-25(3,20)21/h4-6,12,18,24H,7-8H2,1-3H3,(H,17,19). The largest absolute Gasteiger partial charge is 0.349 e. The van der Waals surface area contributed by atoms with E-state index in [0.29, 0.717) is 15.6 Å². The van der Waals surface area contributed by atoms with Crippen molar-refractivity contribution in [1.29, 1.82) is 0 Å². The number of carbonyl (C=O) groups is 1. The Morgan fingerprint density at radius 1 is 1.32 bits per heavy atom. The fourth-order valence-corrected chi connectivity index (χ4v) is 3.74. The van der Waals surface area contributed by atoms with E-state index in [1.165, 1.54) is 20.3 Å². The third-order valence-electron chi connectivity index (χ3n) is 3.35. The molecule has 1 aromatic carbocycles. The minimum atomic E-state index is -3.57. The lowest BCUT2D eigenvalue weighted by atomic mass is 10.1. The van der Waals surface area contributed by atoms with Gasteiger partial charge in [-0.05, 0) is 12.1 Å². The first-order chi connectivity index (χ1) is 11.6. The Bertz CT molecular complexity index is 711. The molecule has 0 aliphatic heterocycles. The lowest BCUT2D eigenvalue weighted by Crippen LogP contribution is -2.51. The summed E-state index contributed by atoms with van der Waals surface area (Å²) in [6, 6.07) is 3.72. The molecule has 25 heavy (non-hydrogen) atoms. The molecule has 0 saturated heterocycles. The molecule has 7 nitrogen and oxygen atoms in total. The van der Waals surface area contributed by atoms with E-state index in [4.69, 9.17) is 32.7 Å². The number of carbonyl (C=O) groups excluding carboxylic acids is 1. The Kier molecular flexibility index (Phi) is 8.46. The molecule has 1 rings (SSSR count). The van der Waals surface area contributed by atoms with E-state index in [1.807, 2.05) is 0 Å². The molecule has 0 spiro atoms. The van der Waals surface area contributed by atoms with Gasteiger partial charge in [0.15, 0.2) is 0 Å². The van der Waals surface area contributed by atoms with Gasteiger partial charge in [-0.15, -0.1) is 0 Å². The Hall–Kier alpha value is -0.550. The summed E-state index contributed by atoms with van der Waals surface area (Å²) >= 11 is 16.1. The lowest BCUT2D eigenvalue weighted by Gasteiger charge is -2.32. The summed E-state index contributed by atoms with van der Waals surface area (Å²) < 4.78 is 35.7. The molecule has 0 aliphatic rings. The molecule has 0 heterocycles. The second-order valence-electron chi connectivity index (χ2n) is 5.13. The number of ether oxygens (including phenoxy) is 2. The topological polar surface area (TPSA) is 93.7 Å². The first kappa shape index (κ1) is 22.5. The molecule has 0 radical (unpaired) electrons. The van der Waals surface area contributed by atoms with Crippen LogP contribution in [0.1, 0.15) is 5.56 Å². The molecule has 0 fully saturated rings. The van der Waals surface area contributed by atoms with Gasteiger partial charge < -0.3 is 14.8 Å². The summed E-state index contributed by atoms with van der Waals surface area (Å²) in [7, 11) is -0.778. The average Bonchev–Trinajstić information content (AvgIpc) is 2.54. The quantitative estimate of drug-likeness (QED) is 0.406. The molecule has 1 unspecified atom stereocenters. The van der Waals surface area contributed by atoms with Crippen LogP contribution in [-0.4, -0.2) is 53.1 Å². The van der Waals surface area contributed by atoms with Gasteiger partial charge in [0.25, 0.3) is 0 Å². The molecular formula is C14H20Cl2N2O5S2. The normalized spacial score (nSPS) is 13.5. The summed E-state index contributed by atoms with van der Waals surface area (Å²) in [5.74, 6) is -1.97. The van der Waals surface area contributed by atoms with Crippen LogP contribution < -0.4 is 10.0 Å². The highest BCUT2D eigenvalue weighted by Crippen LogP contribution is 2.33. The van der Waals surface area contributed by atoms with Crippen LogP contribution in [-0.2, 0) is 30.1 Å². The highest BCUT2D eigenvalue weighted by Gasteiger charge is 2.35. The Labute approximate surface area is 162 Å². The minimum Gasteiger partial charge on any atom is -0.349 e. The van der Waals surface area contributed by atoms with Crippen molar-refractivity contribution in [2.45, 2.75) is 11.8 Å². The predicted octanol–water partition coefficient (Wildman–Crippen LogP) is 1.40. The number of halogens is 2. The molecule has 0 bridgehead atoms. The molecule has 1 aromatic rings. The third-order valence-corrected chi connectivity index (χ3v) is 4.98. The fourth-order valence-electron chi connectivity index (χ4n) is 2.10. The summed E-state index contributed by atoms with van der Waals surface area (Å²) in [5.41, 5.74) is 0.461. The van der Waals surface area contributed by atoms with Crippen LogP contribution in [0.3, 0.4) is 0 Å². The van der Waals surface area contributed by atoms with E-state index >= 15 is 0 Å². The summed E-state index contributed by atoms with van der Waals surface area (Å²) in [4.78, 5) is 12.2.